The third kappa shape index (κ3) is 7.94. The normalized spacial score (nSPS) is 11.1. The molecule has 4 N–H and O–H groups in total. The number of hydrogen-bond donors (Lipinski definition) is 4. The molecule has 0 saturated carbocycles. The summed E-state index contributed by atoms with van der Waals surface area (Å²) in [5.41, 5.74) is 2.75. The number of carbonyl (C=O) groups excluding carboxylic acids is 1. The van der Waals surface area contributed by atoms with Crippen molar-refractivity contribution in [3.63, 3.8) is 0 Å². The molecule has 0 atom stereocenters. The molecule has 160 valence electrons. The first-order valence-corrected chi connectivity index (χ1v) is 9.66. The van der Waals surface area contributed by atoms with E-state index in [4.69, 9.17) is 23.2 Å². The Morgan fingerprint density at radius 1 is 1.14 bits per heavy atom. The predicted molar refractivity (Wildman–Crippen MR) is 132 cm³/mol. The highest BCUT2D eigenvalue weighted by atomic mass is 127. The van der Waals surface area contributed by atoms with Gasteiger partial charge in [-0.15, -0.1) is 24.0 Å². The molecule has 7 nitrogen and oxygen atoms in total. The van der Waals surface area contributed by atoms with Crippen LogP contribution in [0.4, 0.5) is 10.5 Å². The second-order valence-electron chi connectivity index (χ2n) is 6.56. The van der Waals surface area contributed by atoms with Gasteiger partial charge in [-0.05, 0) is 37.6 Å². The van der Waals surface area contributed by atoms with E-state index in [1.165, 1.54) is 0 Å². The molecule has 2 aromatic rings. The molecule has 1 aromatic heterocycles. The van der Waals surface area contributed by atoms with E-state index in [2.05, 4.69) is 26.3 Å². The van der Waals surface area contributed by atoms with Crippen molar-refractivity contribution < 1.29 is 4.79 Å². The topological polar surface area (TPSA) is 82.5 Å². The summed E-state index contributed by atoms with van der Waals surface area (Å²) in [5.74, 6) is 0.659. The maximum Gasteiger partial charge on any atom is 0.319 e. The van der Waals surface area contributed by atoms with E-state index in [1.54, 1.807) is 7.05 Å². The van der Waals surface area contributed by atoms with E-state index in [0.717, 1.165) is 16.9 Å². The van der Waals surface area contributed by atoms with Crippen LogP contribution in [0.25, 0.3) is 0 Å². The van der Waals surface area contributed by atoms with Gasteiger partial charge in [0.1, 0.15) is 5.15 Å². The first-order chi connectivity index (χ1) is 13.3. The molecule has 0 aliphatic rings. The Morgan fingerprint density at radius 3 is 2.28 bits per heavy atom. The van der Waals surface area contributed by atoms with Gasteiger partial charge < -0.3 is 25.8 Å². The lowest BCUT2D eigenvalue weighted by Gasteiger charge is -2.13. The van der Waals surface area contributed by atoms with Crippen LogP contribution < -0.4 is 21.3 Å². The van der Waals surface area contributed by atoms with Gasteiger partial charge >= 0.3 is 6.03 Å². The van der Waals surface area contributed by atoms with Gasteiger partial charge in [-0.1, -0.05) is 35.3 Å². The standard InChI is InChI=1S/C19H26Cl2N6O.HI/c1-12(2)25-19(28)26-14-7-5-13(6-8-14)10-23-18(22-3)24-11-15-9-16(20)17(21)27(15)4;/h5-9,12H,10-11H2,1-4H3,(H2,22,23,24)(H2,25,26,28);1H. The second-order valence-corrected chi connectivity index (χ2v) is 7.33. The lowest BCUT2D eigenvalue weighted by atomic mass is 10.2. The van der Waals surface area contributed by atoms with Crippen molar-refractivity contribution in [3.8, 4) is 0 Å². The predicted octanol–water partition coefficient (Wildman–Crippen LogP) is 4.35. The Morgan fingerprint density at radius 2 is 1.76 bits per heavy atom. The monoisotopic (exact) mass is 552 g/mol. The highest BCUT2D eigenvalue weighted by Gasteiger charge is 2.09. The van der Waals surface area contributed by atoms with Gasteiger partial charge in [0, 0.05) is 38.1 Å². The van der Waals surface area contributed by atoms with Gasteiger partial charge in [-0.25, -0.2) is 4.79 Å². The number of nitrogens with zero attached hydrogens (tertiary/aromatic N) is 2. The molecule has 2 amide bonds. The van der Waals surface area contributed by atoms with Crippen LogP contribution in [0.1, 0.15) is 25.1 Å². The van der Waals surface area contributed by atoms with Gasteiger partial charge in [-0.3, -0.25) is 4.99 Å². The molecule has 0 aliphatic carbocycles. The van der Waals surface area contributed by atoms with Gasteiger partial charge in [0.05, 0.1) is 11.6 Å². The third-order valence-electron chi connectivity index (χ3n) is 3.97. The van der Waals surface area contributed by atoms with E-state index in [-0.39, 0.29) is 36.0 Å². The molecule has 29 heavy (non-hydrogen) atoms. The van der Waals surface area contributed by atoms with E-state index in [9.17, 15) is 4.79 Å². The zero-order valence-corrected chi connectivity index (χ0v) is 20.7. The molecular formula is C19H27Cl2IN6O. The highest BCUT2D eigenvalue weighted by molar-refractivity contribution is 14.0. The second kappa shape index (κ2) is 12.1. The Hall–Kier alpha value is -1.65. The minimum atomic E-state index is -0.216. The van der Waals surface area contributed by atoms with Gasteiger partial charge in [0.15, 0.2) is 5.96 Å². The summed E-state index contributed by atoms with van der Waals surface area (Å²) < 4.78 is 1.82. The highest BCUT2D eigenvalue weighted by Crippen LogP contribution is 2.24. The Kier molecular flexibility index (Phi) is 10.6. The fourth-order valence-corrected chi connectivity index (χ4v) is 2.89. The summed E-state index contributed by atoms with van der Waals surface area (Å²) in [6.45, 7) is 4.95. The largest absolute Gasteiger partial charge is 0.352 e. The van der Waals surface area contributed by atoms with Gasteiger partial charge in [0.25, 0.3) is 0 Å². The maximum atomic E-state index is 11.7. The SMILES string of the molecule is CN=C(NCc1ccc(NC(=O)NC(C)C)cc1)NCc1cc(Cl)c(Cl)n1C.I. The summed E-state index contributed by atoms with van der Waals surface area (Å²) in [7, 11) is 3.57. The van der Waals surface area contributed by atoms with Crippen LogP contribution in [0.3, 0.4) is 0 Å². The zero-order chi connectivity index (χ0) is 20.7. The quantitative estimate of drug-likeness (QED) is 0.244. The van der Waals surface area contributed by atoms with E-state index >= 15 is 0 Å². The summed E-state index contributed by atoms with van der Waals surface area (Å²) in [6.07, 6.45) is 0. The van der Waals surface area contributed by atoms with Crippen LogP contribution in [0.15, 0.2) is 35.3 Å². The Balaban J connectivity index is 0.00000420. The minimum absolute atomic E-state index is 0. The number of hydrogen-bond acceptors (Lipinski definition) is 2. The number of nitrogens with one attached hydrogen (secondary N) is 4. The van der Waals surface area contributed by atoms with Crippen molar-refractivity contribution in [2.75, 3.05) is 12.4 Å². The summed E-state index contributed by atoms with van der Waals surface area (Å²) in [6, 6.07) is 9.31. The number of carbonyl (C=O) groups is 1. The molecule has 10 heteroatoms. The smallest absolute Gasteiger partial charge is 0.319 e. The van der Waals surface area contributed by atoms with E-state index < -0.39 is 0 Å². The molecule has 2 rings (SSSR count). The number of aromatic nitrogens is 1. The summed E-state index contributed by atoms with van der Waals surface area (Å²) in [4.78, 5) is 15.9. The van der Waals surface area contributed by atoms with Crippen LogP contribution in [-0.4, -0.2) is 29.6 Å². The van der Waals surface area contributed by atoms with Crippen molar-refractivity contribution in [2.24, 2.45) is 12.0 Å². The Labute approximate surface area is 198 Å². The first kappa shape index (κ1) is 25.4. The molecule has 0 aliphatic heterocycles. The van der Waals surface area contributed by atoms with Gasteiger partial charge in [-0.2, -0.15) is 0 Å². The number of guanidine groups is 1. The fourth-order valence-electron chi connectivity index (χ4n) is 2.47. The average Bonchev–Trinajstić information content (AvgIpc) is 2.89. The molecule has 1 heterocycles. The molecule has 0 fully saturated rings. The van der Waals surface area contributed by atoms with Gasteiger partial charge in [0.2, 0.25) is 0 Å². The number of urea groups is 1. The third-order valence-corrected chi connectivity index (χ3v) is 4.81. The fraction of sp³-hybridized carbons (Fsp3) is 0.368. The lowest BCUT2D eigenvalue weighted by molar-refractivity contribution is 0.250. The van der Waals surface area contributed by atoms with Crippen LogP contribution >= 0.6 is 47.2 Å². The van der Waals surface area contributed by atoms with Crippen LogP contribution in [0.2, 0.25) is 10.2 Å². The molecule has 0 spiro atoms. The summed E-state index contributed by atoms with van der Waals surface area (Å²) in [5, 5.41) is 13.1. The average molecular weight is 553 g/mol. The van der Waals surface area contributed by atoms with Crippen molar-refractivity contribution in [2.45, 2.75) is 33.0 Å². The van der Waals surface area contributed by atoms with E-state index in [1.807, 2.05) is 55.8 Å². The molecule has 0 unspecified atom stereocenters. The molecule has 1 aromatic carbocycles. The number of benzene rings is 1. The molecule has 0 bridgehead atoms. The molecular weight excluding hydrogens is 526 g/mol. The van der Waals surface area contributed by atoms with Crippen LogP contribution in [0.5, 0.6) is 0 Å². The maximum absolute atomic E-state index is 11.7. The first-order valence-electron chi connectivity index (χ1n) is 8.90. The van der Waals surface area contributed by atoms with Crippen molar-refractivity contribution >= 4 is 64.9 Å². The number of aliphatic imine (C=N–C) groups is 1. The number of anilines is 1. The number of rotatable bonds is 6. The Bertz CT molecular complexity index is 836. The minimum Gasteiger partial charge on any atom is -0.352 e. The summed E-state index contributed by atoms with van der Waals surface area (Å²) >= 11 is 12.1. The number of halogens is 3. The molecule has 0 radical (unpaired) electrons. The van der Waals surface area contributed by atoms with Crippen molar-refractivity contribution in [1.29, 1.82) is 0 Å². The van der Waals surface area contributed by atoms with Crippen molar-refractivity contribution in [1.82, 2.24) is 20.5 Å². The lowest BCUT2D eigenvalue weighted by Crippen LogP contribution is -2.36. The van der Waals surface area contributed by atoms with Crippen LogP contribution in [-0.2, 0) is 20.1 Å². The van der Waals surface area contributed by atoms with Crippen molar-refractivity contribution in [3.05, 3.63) is 51.8 Å². The van der Waals surface area contributed by atoms with E-state index in [0.29, 0.717) is 29.2 Å². The zero-order valence-electron chi connectivity index (χ0n) is 16.8. The van der Waals surface area contributed by atoms with Crippen LogP contribution in [0, 0.1) is 0 Å². The molecule has 0 saturated heterocycles. The number of amides is 2.